The molecular formula is C17H30N2. The monoisotopic (exact) mass is 262 g/mol. The Morgan fingerprint density at radius 1 is 1.05 bits per heavy atom. The molecule has 0 aromatic heterocycles. The highest BCUT2D eigenvalue weighted by Gasteiger charge is 2.52. The van der Waals surface area contributed by atoms with Gasteiger partial charge in [-0.05, 0) is 95.7 Å². The predicted molar refractivity (Wildman–Crippen MR) is 79.2 cm³/mol. The second-order valence-corrected chi connectivity index (χ2v) is 8.15. The van der Waals surface area contributed by atoms with Gasteiger partial charge in [-0.25, -0.2) is 0 Å². The Balaban J connectivity index is 1.40. The number of hydrogen-bond acceptors (Lipinski definition) is 2. The molecular weight excluding hydrogens is 232 g/mol. The fraction of sp³-hybridized carbons (Fsp3) is 1.00. The zero-order chi connectivity index (χ0) is 12.9. The van der Waals surface area contributed by atoms with Gasteiger partial charge in [-0.15, -0.1) is 0 Å². The summed E-state index contributed by atoms with van der Waals surface area (Å²) in [4.78, 5) is 2.79. The molecule has 1 atom stereocenters. The van der Waals surface area contributed by atoms with Gasteiger partial charge < -0.3 is 10.2 Å². The molecule has 0 aromatic carbocycles. The van der Waals surface area contributed by atoms with Gasteiger partial charge in [0.1, 0.15) is 0 Å². The van der Waals surface area contributed by atoms with Gasteiger partial charge in [0.15, 0.2) is 0 Å². The first-order chi connectivity index (χ1) is 9.23. The van der Waals surface area contributed by atoms with E-state index in [-0.39, 0.29) is 0 Å². The average Bonchev–Trinajstić information content (AvgIpc) is 2.87. The van der Waals surface area contributed by atoms with Crippen molar-refractivity contribution in [3.8, 4) is 0 Å². The smallest absolute Gasteiger partial charge is 0.0214 e. The van der Waals surface area contributed by atoms with E-state index < -0.39 is 0 Å². The first-order valence-electron chi connectivity index (χ1n) is 8.68. The van der Waals surface area contributed by atoms with E-state index in [1.54, 1.807) is 19.3 Å². The van der Waals surface area contributed by atoms with Crippen molar-refractivity contribution in [3.05, 3.63) is 0 Å². The Bertz CT molecular complexity index is 297. The van der Waals surface area contributed by atoms with Crippen LogP contribution in [0.1, 0.15) is 57.8 Å². The summed E-state index contributed by atoms with van der Waals surface area (Å²) in [6.07, 6.45) is 13.4. The van der Waals surface area contributed by atoms with Crippen LogP contribution in [0.4, 0.5) is 0 Å². The largest absolute Gasteiger partial charge is 0.314 e. The first kappa shape index (κ1) is 12.6. The van der Waals surface area contributed by atoms with Crippen molar-refractivity contribution in [2.75, 3.05) is 20.1 Å². The molecule has 2 heteroatoms. The van der Waals surface area contributed by atoms with E-state index in [4.69, 9.17) is 0 Å². The quantitative estimate of drug-likeness (QED) is 0.838. The van der Waals surface area contributed by atoms with Gasteiger partial charge in [0, 0.05) is 11.6 Å². The van der Waals surface area contributed by atoms with Gasteiger partial charge in [0.05, 0.1) is 0 Å². The molecule has 108 valence electrons. The minimum atomic E-state index is 0.618. The normalized spacial score (nSPS) is 48.3. The van der Waals surface area contributed by atoms with Gasteiger partial charge >= 0.3 is 0 Å². The number of nitrogens with zero attached hydrogens (tertiary/aromatic N) is 1. The molecule has 4 aliphatic carbocycles. The second-order valence-electron chi connectivity index (χ2n) is 8.15. The zero-order valence-electron chi connectivity index (χ0n) is 12.5. The summed E-state index contributed by atoms with van der Waals surface area (Å²) >= 11 is 0. The SMILES string of the molecule is CN(CCC1CCCN1)C12CC3CC(CC(C3)C1)C2. The summed E-state index contributed by atoms with van der Waals surface area (Å²) in [7, 11) is 2.43. The Labute approximate surface area is 118 Å². The Kier molecular flexibility index (Phi) is 3.15. The fourth-order valence-corrected chi connectivity index (χ4v) is 6.12. The Morgan fingerprint density at radius 3 is 2.21 bits per heavy atom. The van der Waals surface area contributed by atoms with Crippen molar-refractivity contribution in [2.24, 2.45) is 17.8 Å². The topological polar surface area (TPSA) is 15.3 Å². The van der Waals surface area contributed by atoms with Gasteiger partial charge in [-0.1, -0.05) is 0 Å². The molecule has 4 saturated carbocycles. The van der Waals surface area contributed by atoms with Crippen molar-refractivity contribution in [1.29, 1.82) is 0 Å². The van der Waals surface area contributed by atoms with Crippen LogP contribution in [0.15, 0.2) is 0 Å². The van der Waals surface area contributed by atoms with E-state index in [2.05, 4.69) is 17.3 Å². The maximum absolute atomic E-state index is 3.66. The molecule has 5 aliphatic rings. The summed E-state index contributed by atoms with van der Waals surface area (Å²) < 4.78 is 0. The van der Waals surface area contributed by atoms with Crippen molar-refractivity contribution in [1.82, 2.24) is 10.2 Å². The predicted octanol–water partition coefficient (Wildman–Crippen LogP) is 3.03. The average molecular weight is 262 g/mol. The van der Waals surface area contributed by atoms with Crippen LogP contribution < -0.4 is 5.32 Å². The van der Waals surface area contributed by atoms with Crippen LogP contribution in [0.5, 0.6) is 0 Å². The van der Waals surface area contributed by atoms with Gasteiger partial charge in [0.25, 0.3) is 0 Å². The molecule has 0 aromatic rings. The molecule has 19 heavy (non-hydrogen) atoms. The third-order valence-electron chi connectivity index (χ3n) is 6.79. The lowest BCUT2D eigenvalue weighted by Crippen LogP contribution is -2.59. The minimum absolute atomic E-state index is 0.618. The summed E-state index contributed by atoms with van der Waals surface area (Å²) in [6.45, 7) is 2.58. The van der Waals surface area contributed by atoms with E-state index >= 15 is 0 Å². The molecule has 0 amide bonds. The number of rotatable bonds is 4. The lowest BCUT2D eigenvalue weighted by molar-refractivity contribution is -0.0796. The van der Waals surface area contributed by atoms with Crippen molar-refractivity contribution < 1.29 is 0 Å². The molecule has 1 heterocycles. The molecule has 5 fully saturated rings. The molecule has 1 N–H and O–H groups in total. The standard InChI is InChI=1S/C17H30N2/c1-19(6-4-16-3-2-5-18-16)17-10-13-7-14(11-17)9-15(8-13)12-17/h13-16,18H,2-12H2,1H3. The highest BCUT2D eigenvalue weighted by Crippen LogP contribution is 2.57. The van der Waals surface area contributed by atoms with Crippen LogP contribution in [0.25, 0.3) is 0 Å². The molecule has 0 radical (unpaired) electrons. The van der Waals surface area contributed by atoms with Crippen molar-refractivity contribution in [3.63, 3.8) is 0 Å². The van der Waals surface area contributed by atoms with E-state index in [1.165, 1.54) is 51.6 Å². The summed E-state index contributed by atoms with van der Waals surface area (Å²) in [6, 6.07) is 0.816. The fourth-order valence-electron chi connectivity index (χ4n) is 6.12. The van der Waals surface area contributed by atoms with Gasteiger partial charge in [-0.3, -0.25) is 0 Å². The van der Waals surface area contributed by atoms with E-state index in [0.717, 1.165) is 23.8 Å². The van der Waals surface area contributed by atoms with Crippen LogP contribution in [0.2, 0.25) is 0 Å². The molecule has 4 bridgehead atoms. The van der Waals surface area contributed by atoms with Crippen LogP contribution in [-0.2, 0) is 0 Å². The maximum Gasteiger partial charge on any atom is 0.0214 e. The van der Waals surface area contributed by atoms with Crippen LogP contribution >= 0.6 is 0 Å². The van der Waals surface area contributed by atoms with Crippen molar-refractivity contribution in [2.45, 2.75) is 69.4 Å². The summed E-state index contributed by atoms with van der Waals surface area (Å²) in [5.74, 6) is 3.25. The summed E-state index contributed by atoms with van der Waals surface area (Å²) in [5, 5.41) is 3.66. The lowest BCUT2D eigenvalue weighted by atomic mass is 9.52. The molecule has 1 aliphatic heterocycles. The lowest BCUT2D eigenvalue weighted by Gasteiger charge is -2.60. The van der Waals surface area contributed by atoms with Gasteiger partial charge in [0.2, 0.25) is 0 Å². The highest BCUT2D eigenvalue weighted by molar-refractivity contribution is 5.06. The molecule has 1 saturated heterocycles. The van der Waals surface area contributed by atoms with Crippen LogP contribution in [0.3, 0.4) is 0 Å². The van der Waals surface area contributed by atoms with E-state index in [1.807, 2.05) is 0 Å². The second kappa shape index (κ2) is 4.73. The first-order valence-corrected chi connectivity index (χ1v) is 8.68. The third kappa shape index (κ3) is 2.25. The highest BCUT2D eigenvalue weighted by atomic mass is 15.2. The molecule has 2 nitrogen and oxygen atoms in total. The number of nitrogens with one attached hydrogen (secondary N) is 1. The van der Waals surface area contributed by atoms with Crippen LogP contribution in [0, 0.1) is 17.8 Å². The molecule has 1 unspecified atom stereocenters. The third-order valence-corrected chi connectivity index (χ3v) is 6.79. The van der Waals surface area contributed by atoms with E-state index in [0.29, 0.717) is 5.54 Å². The molecule has 0 spiro atoms. The van der Waals surface area contributed by atoms with Gasteiger partial charge in [-0.2, -0.15) is 0 Å². The maximum atomic E-state index is 3.66. The Hall–Kier alpha value is -0.0800. The van der Waals surface area contributed by atoms with E-state index in [9.17, 15) is 0 Å². The minimum Gasteiger partial charge on any atom is -0.314 e. The Morgan fingerprint density at radius 2 is 1.68 bits per heavy atom. The number of hydrogen-bond donors (Lipinski definition) is 1. The zero-order valence-corrected chi connectivity index (χ0v) is 12.5. The van der Waals surface area contributed by atoms with Crippen LogP contribution in [-0.4, -0.2) is 36.6 Å². The molecule has 5 rings (SSSR count). The van der Waals surface area contributed by atoms with Crippen molar-refractivity contribution >= 4 is 0 Å². The summed E-state index contributed by atoms with van der Waals surface area (Å²) in [5.41, 5.74) is 0.618.